The molecule has 3 rings (SSSR count). The van der Waals surface area contributed by atoms with Gasteiger partial charge in [0, 0.05) is 18.5 Å². The number of carbonyl (C=O) groups is 1. The second-order valence-corrected chi connectivity index (χ2v) is 5.87. The summed E-state index contributed by atoms with van der Waals surface area (Å²) in [6.07, 6.45) is 4.11. The van der Waals surface area contributed by atoms with Crippen LogP contribution in [0.3, 0.4) is 0 Å². The molecule has 1 aliphatic carbocycles. The van der Waals surface area contributed by atoms with Crippen LogP contribution in [0.25, 0.3) is 10.2 Å². The maximum absolute atomic E-state index is 12.1. The molecule has 0 saturated heterocycles. The van der Waals surface area contributed by atoms with Crippen molar-refractivity contribution in [2.24, 2.45) is 5.92 Å². The Balaban J connectivity index is 1.56. The molecule has 0 spiro atoms. The van der Waals surface area contributed by atoms with Crippen LogP contribution in [0.4, 0.5) is 5.69 Å². The number of nitrogens with zero attached hydrogens (tertiary/aromatic N) is 2. The van der Waals surface area contributed by atoms with Gasteiger partial charge in [0.05, 0.1) is 18.5 Å². The van der Waals surface area contributed by atoms with E-state index in [1.165, 1.54) is 24.2 Å². The molecule has 1 fully saturated rings. The summed E-state index contributed by atoms with van der Waals surface area (Å²) in [7, 11) is 0. The van der Waals surface area contributed by atoms with Crippen LogP contribution in [0.2, 0.25) is 0 Å². The van der Waals surface area contributed by atoms with Crippen molar-refractivity contribution in [3.8, 4) is 0 Å². The van der Waals surface area contributed by atoms with Gasteiger partial charge in [0.15, 0.2) is 0 Å². The number of rotatable bonds is 6. The van der Waals surface area contributed by atoms with Crippen molar-refractivity contribution >= 4 is 33.1 Å². The highest BCUT2D eigenvalue weighted by atomic mass is 32.1. The first-order valence-corrected chi connectivity index (χ1v) is 7.43. The van der Waals surface area contributed by atoms with Crippen molar-refractivity contribution < 1.29 is 9.53 Å². The Hall–Kier alpha value is -1.73. The Kier molecular flexibility index (Phi) is 3.79. The summed E-state index contributed by atoms with van der Waals surface area (Å²) in [5, 5.41) is 11.3. The number of ether oxygens (including phenoxy) is 1. The fourth-order valence-electron chi connectivity index (χ4n) is 1.89. The predicted molar refractivity (Wildman–Crippen MR) is 77.7 cm³/mol. The zero-order valence-corrected chi connectivity index (χ0v) is 11.8. The van der Waals surface area contributed by atoms with E-state index in [2.05, 4.69) is 15.5 Å². The number of fused-ring (bicyclic) bond motifs is 1. The quantitative estimate of drug-likeness (QED) is 0.786. The van der Waals surface area contributed by atoms with Crippen LogP contribution in [0.5, 0.6) is 0 Å². The Labute approximate surface area is 120 Å². The smallest absolute Gasteiger partial charge is 0.263 e. The summed E-state index contributed by atoms with van der Waals surface area (Å²) < 4.78 is 5.47. The van der Waals surface area contributed by atoms with Crippen molar-refractivity contribution in [1.29, 1.82) is 0 Å². The van der Waals surface area contributed by atoms with Gasteiger partial charge in [-0.15, -0.1) is 16.4 Å². The van der Waals surface area contributed by atoms with E-state index in [1.807, 2.05) is 0 Å². The highest BCUT2D eigenvalue weighted by Crippen LogP contribution is 2.31. The van der Waals surface area contributed by atoms with E-state index >= 15 is 0 Å². The first kappa shape index (κ1) is 13.3. The van der Waals surface area contributed by atoms with Crippen LogP contribution in [-0.4, -0.2) is 35.9 Å². The summed E-state index contributed by atoms with van der Waals surface area (Å²) >= 11 is 1.26. The molecule has 1 saturated carbocycles. The molecule has 2 aromatic rings. The third-order valence-electron chi connectivity index (χ3n) is 3.21. The van der Waals surface area contributed by atoms with E-state index in [1.54, 1.807) is 12.3 Å². The maximum atomic E-state index is 12.1. The standard InChI is InChI=1S/C13H16N4O2S/c14-10-9-3-4-16-17-13(9)20-11(10)12(18)15-5-6-19-7-8-1-2-8/h3-4,8H,1-2,5-7,14H2,(H,15,18). The van der Waals surface area contributed by atoms with Crippen molar-refractivity contribution in [2.75, 3.05) is 25.5 Å². The van der Waals surface area contributed by atoms with E-state index in [0.717, 1.165) is 17.9 Å². The Morgan fingerprint density at radius 2 is 2.40 bits per heavy atom. The van der Waals surface area contributed by atoms with Crippen molar-refractivity contribution in [2.45, 2.75) is 12.8 Å². The number of carbonyl (C=O) groups excluding carboxylic acids is 1. The second kappa shape index (κ2) is 5.72. The summed E-state index contributed by atoms with van der Waals surface area (Å²) in [5.41, 5.74) is 6.44. The van der Waals surface area contributed by atoms with E-state index in [9.17, 15) is 4.79 Å². The highest BCUT2D eigenvalue weighted by Gasteiger charge is 2.21. The molecule has 1 aliphatic rings. The van der Waals surface area contributed by atoms with Crippen molar-refractivity contribution in [3.63, 3.8) is 0 Å². The molecular formula is C13H16N4O2S. The minimum absolute atomic E-state index is 0.180. The molecule has 7 heteroatoms. The SMILES string of the molecule is Nc1c(C(=O)NCCOCC2CC2)sc2nnccc12. The van der Waals surface area contributed by atoms with Crippen LogP contribution < -0.4 is 11.1 Å². The average Bonchev–Trinajstić information content (AvgIpc) is 3.22. The monoisotopic (exact) mass is 292 g/mol. The molecule has 106 valence electrons. The lowest BCUT2D eigenvalue weighted by Crippen LogP contribution is -2.27. The number of nitrogens with one attached hydrogen (secondary N) is 1. The minimum Gasteiger partial charge on any atom is -0.397 e. The molecule has 2 aromatic heterocycles. The summed E-state index contributed by atoms with van der Waals surface area (Å²) in [6, 6.07) is 1.77. The fraction of sp³-hybridized carbons (Fsp3) is 0.462. The lowest BCUT2D eigenvalue weighted by Gasteiger charge is -2.05. The molecule has 0 aliphatic heterocycles. The molecule has 2 heterocycles. The van der Waals surface area contributed by atoms with Gasteiger partial charge in [0.25, 0.3) is 5.91 Å². The van der Waals surface area contributed by atoms with E-state index in [0.29, 0.717) is 28.5 Å². The number of hydrogen-bond donors (Lipinski definition) is 2. The molecule has 0 bridgehead atoms. The largest absolute Gasteiger partial charge is 0.397 e. The third-order valence-corrected chi connectivity index (χ3v) is 4.31. The van der Waals surface area contributed by atoms with Crippen LogP contribution in [-0.2, 0) is 4.74 Å². The number of amides is 1. The first-order valence-electron chi connectivity index (χ1n) is 6.61. The van der Waals surface area contributed by atoms with Gasteiger partial charge in [-0.1, -0.05) is 0 Å². The van der Waals surface area contributed by atoms with E-state index in [4.69, 9.17) is 10.5 Å². The van der Waals surface area contributed by atoms with Crippen LogP contribution in [0, 0.1) is 5.92 Å². The zero-order chi connectivity index (χ0) is 13.9. The fourth-order valence-corrected chi connectivity index (χ4v) is 2.85. The van der Waals surface area contributed by atoms with Gasteiger partial charge in [-0.2, -0.15) is 5.10 Å². The van der Waals surface area contributed by atoms with Crippen molar-refractivity contribution in [1.82, 2.24) is 15.5 Å². The molecule has 20 heavy (non-hydrogen) atoms. The van der Waals surface area contributed by atoms with E-state index < -0.39 is 0 Å². The van der Waals surface area contributed by atoms with Crippen molar-refractivity contribution in [3.05, 3.63) is 17.1 Å². The number of thiophene rings is 1. The molecular weight excluding hydrogens is 276 g/mol. The van der Waals surface area contributed by atoms with Crippen LogP contribution in [0.1, 0.15) is 22.5 Å². The number of nitrogens with two attached hydrogens (primary N) is 1. The predicted octanol–water partition coefficient (Wildman–Crippen LogP) is 1.43. The van der Waals surface area contributed by atoms with Gasteiger partial charge in [-0.05, 0) is 24.8 Å². The van der Waals surface area contributed by atoms with Gasteiger partial charge in [-0.25, -0.2) is 0 Å². The first-order chi connectivity index (χ1) is 9.75. The molecule has 6 nitrogen and oxygen atoms in total. The molecule has 0 aromatic carbocycles. The van der Waals surface area contributed by atoms with Gasteiger partial charge >= 0.3 is 0 Å². The van der Waals surface area contributed by atoms with Gasteiger partial charge < -0.3 is 15.8 Å². The topological polar surface area (TPSA) is 90.1 Å². The molecule has 3 N–H and O–H groups in total. The third kappa shape index (κ3) is 2.88. The van der Waals surface area contributed by atoms with E-state index in [-0.39, 0.29) is 5.91 Å². The number of aromatic nitrogens is 2. The molecule has 0 atom stereocenters. The van der Waals surface area contributed by atoms with Gasteiger partial charge in [0.1, 0.15) is 9.71 Å². The Morgan fingerprint density at radius 1 is 1.55 bits per heavy atom. The maximum Gasteiger partial charge on any atom is 0.263 e. The summed E-state index contributed by atoms with van der Waals surface area (Å²) in [6.45, 7) is 1.83. The van der Waals surface area contributed by atoms with Gasteiger partial charge in [-0.3, -0.25) is 4.79 Å². The normalized spacial score (nSPS) is 14.6. The number of hydrogen-bond acceptors (Lipinski definition) is 6. The molecule has 0 unspecified atom stereocenters. The lowest BCUT2D eigenvalue weighted by molar-refractivity contribution is 0.0911. The minimum atomic E-state index is -0.180. The highest BCUT2D eigenvalue weighted by molar-refractivity contribution is 7.21. The van der Waals surface area contributed by atoms with Crippen LogP contribution in [0.15, 0.2) is 12.3 Å². The molecule has 0 radical (unpaired) electrons. The lowest BCUT2D eigenvalue weighted by atomic mass is 10.3. The van der Waals surface area contributed by atoms with Gasteiger partial charge in [0.2, 0.25) is 0 Å². The number of anilines is 1. The van der Waals surface area contributed by atoms with Crippen LogP contribution >= 0.6 is 11.3 Å². The average molecular weight is 292 g/mol. The Bertz CT molecular complexity index is 624. The number of nitrogen functional groups attached to an aromatic ring is 1. The summed E-state index contributed by atoms with van der Waals surface area (Å²) in [5.74, 6) is 0.558. The summed E-state index contributed by atoms with van der Waals surface area (Å²) in [4.78, 5) is 13.2. The zero-order valence-electron chi connectivity index (χ0n) is 11.0. The second-order valence-electron chi connectivity index (χ2n) is 4.87. The Morgan fingerprint density at radius 3 is 3.15 bits per heavy atom. The molecule has 1 amide bonds.